The SMILES string of the molecule is c1ccc(-c2cccc(N(c3cccc(-c4ccccc4)c3)c3ccc4ccc5ccc6c7ccccc7[se]c6c5c4c3)c2)cc1. The summed E-state index contributed by atoms with van der Waals surface area (Å²) in [6.07, 6.45) is 0. The summed E-state index contributed by atoms with van der Waals surface area (Å²) >= 11 is 0.267. The van der Waals surface area contributed by atoms with Gasteiger partial charge in [-0.15, -0.1) is 0 Å². The Morgan fingerprint density at radius 1 is 0.348 bits per heavy atom. The van der Waals surface area contributed by atoms with Crippen LogP contribution in [0.15, 0.2) is 176 Å². The second-order valence-corrected chi connectivity index (χ2v) is 14.0. The van der Waals surface area contributed by atoms with Crippen molar-refractivity contribution in [3.63, 3.8) is 0 Å². The van der Waals surface area contributed by atoms with E-state index in [0.717, 1.165) is 17.1 Å². The van der Waals surface area contributed by atoms with Gasteiger partial charge in [0.15, 0.2) is 0 Å². The van der Waals surface area contributed by atoms with Gasteiger partial charge in [0.25, 0.3) is 0 Å². The fraction of sp³-hybridized carbons (Fsp3) is 0. The number of anilines is 3. The van der Waals surface area contributed by atoms with Crippen LogP contribution in [0, 0.1) is 0 Å². The van der Waals surface area contributed by atoms with E-state index >= 15 is 0 Å². The molecule has 9 aromatic rings. The average molecular weight is 651 g/mol. The number of fused-ring (bicyclic) bond motifs is 7. The predicted octanol–water partition coefficient (Wildman–Crippen LogP) is 12.2. The summed E-state index contributed by atoms with van der Waals surface area (Å²) in [5.41, 5.74) is 8.24. The van der Waals surface area contributed by atoms with Crippen LogP contribution in [0.1, 0.15) is 0 Å². The Labute approximate surface area is 274 Å². The molecule has 0 bridgehead atoms. The molecule has 0 aliphatic rings. The molecule has 2 heteroatoms. The van der Waals surface area contributed by atoms with Crippen LogP contribution in [0.5, 0.6) is 0 Å². The Morgan fingerprint density at radius 3 is 1.59 bits per heavy atom. The molecule has 1 aromatic heterocycles. The van der Waals surface area contributed by atoms with Gasteiger partial charge in [-0.25, -0.2) is 0 Å². The zero-order valence-corrected chi connectivity index (χ0v) is 26.8. The molecule has 0 saturated heterocycles. The second-order valence-electron chi connectivity index (χ2n) is 11.8. The molecule has 0 unspecified atom stereocenters. The minimum atomic E-state index is 0.267. The third-order valence-corrected chi connectivity index (χ3v) is 11.5. The molecule has 0 aliphatic carbocycles. The summed E-state index contributed by atoms with van der Waals surface area (Å²) in [5.74, 6) is 0. The zero-order valence-electron chi connectivity index (χ0n) is 25.1. The molecule has 0 saturated carbocycles. The Balaban J connectivity index is 1.30. The molecule has 46 heavy (non-hydrogen) atoms. The third kappa shape index (κ3) is 4.63. The first-order chi connectivity index (χ1) is 22.8. The van der Waals surface area contributed by atoms with Crippen LogP contribution in [0.2, 0.25) is 0 Å². The molecular formula is C44H29NSe. The van der Waals surface area contributed by atoms with Crippen LogP contribution < -0.4 is 4.90 Å². The average Bonchev–Trinajstić information content (AvgIpc) is 3.51. The summed E-state index contributed by atoms with van der Waals surface area (Å²) in [6.45, 7) is 0. The Bertz CT molecular complexity index is 2450. The zero-order chi connectivity index (χ0) is 30.5. The molecule has 0 fully saturated rings. The van der Waals surface area contributed by atoms with Gasteiger partial charge in [0, 0.05) is 0 Å². The molecule has 1 nitrogen and oxygen atoms in total. The van der Waals surface area contributed by atoms with Crippen LogP contribution in [0.25, 0.3) is 63.1 Å². The fourth-order valence-electron chi connectivity index (χ4n) is 6.80. The van der Waals surface area contributed by atoms with Crippen molar-refractivity contribution in [1.82, 2.24) is 0 Å². The maximum atomic E-state index is 2.42. The predicted molar refractivity (Wildman–Crippen MR) is 199 cm³/mol. The molecule has 0 spiro atoms. The van der Waals surface area contributed by atoms with Crippen molar-refractivity contribution in [2.75, 3.05) is 4.90 Å². The molecule has 1 heterocycles. The van der Waals surface area contributed by atoms with Crippen LogP contribution >= 0.6 is 0 Å². The minimum absolute atomic E-state index is 0.267. The van der Waals surface area contributed by atoms with Crippen molar-refractivity contribution < 1.29 is 0 Å². The first kappa shape index (κ1) is 27.0. The van der Waals surface area contributed by atoms with Gasteiger partial charge in [0.2, 0.25) is 0 Å². The summed E-state index contributed by atoms with van der Waals surface area (Å²) in [7, 11) is 0. The first-order valence-corrected chi connectivity index (χ1v) is 17.4. The number of hydrogen-bond acceptors (Lipinski definition) is 1. The number of benzene rings is 8. The van der Waals surface area contributed by atoms with E-state index in [1.54, 1.807) is 0 Å². The Hall–Kier alpha value is -5.40. The van der Waals surface area contributed by atoms with Crippen molar-refractivity contribution in [2.45, 2.75) is 0 Å². The summed E-state index contributed by atoms with van der Waals surface area (Å²) in [4.78, 5) is 2.42. The van der Waals surface area contributed by atoms with Gasteiger partial charge in [0.1, 0.15) is 0 Å². The maximum absolute atomic E-state index is 2.42. The van der Waals surface area contributed by atoms with Crippen LogP contribution in [-0.2, 0) is 0 Å². The van der Waals surface area contributed by atoms with Gasteiger partial charge in [-0.1, -0.05) is 12.1 Å². The fourth-order valence-corrected chi connectivity index (χ4v) is 9.47. The quantitative estimate of drug-likeness (QED) is 0.132. The molecular weight excluding hydrogens is 621 g/mol. The van der Waals surface area contributed by atoms with Crippen LogP contribution in [0.4, 0.5) is 17.1 Å². The summed E-state index contributed by atoms with van der Waals surface area (Å²) < 4.78 is 2.97. The van der Waals surface area contributed by atoms with Crippen molar-refractivity contribution in [2.24, 2.45) is 0 Å². The monoisotopic (exact) mass is 651 g/mol. The molecule has 0 aliphatic heterocycles. The van der Waals surface area contributed by atoms with Crippen LogP contribution in [-0.4, -0.2) is 14.5 Å². The van der Waals surface area contributed by atoms with E-state index in [4.69, 9.17) is 0 Å². The van der Waals surface area contributed by atoms with Crippen molar-refractivity contribution >= 4 is 72.4 Å². The standard InChI is InChI=1S/C44H29NSe/c1-3-11-30(12-4-1)34-15-9-17-36(27-34)45(37-18-10-16-35(28-37)31-13-5-2-6-14-31)38-25-23-32-21-22-33-24-26-40-39-19-7-8-20-42(39)46-44(40)43(33)41(32)29-38/h1-29H. The van der Waals surface area contributed by atoms with Gasteiger partial charge >= 0.3 is 263 Å². The molecule has 8 aromatic carbocycles. The Morgan fingerprint density at radius 2 is 0.891 bits per heavy atom. The molecule has 0 radical (unpaired) electrons. The molecule has 0 amide bonds. The van der Waals surface area contributed by atoms with E-state index in [1.165, 1.54) is 63.1 Å². The normalized spacial score (nSPS) is 11.5. The van der Waals surface area contributed by atoms with E-state index in [1.807, 2.05) is 0 Å². The van der Waals surface area contributed by atoms with Crippen LogP contribution in [0.3, 0.4) is 0 Å². The summed E-state index contributed by atoms with van der Waals surface area (Å²) in [6, 6.07) is 64.3. The van der Waals surface area contributed by atoms with E-state index in [2.05, 4.69) is 181 Å². The van der Waals surface area contributed by atoms with Gasteiger partial charge in [0.05, 0.1) is 0 Å². The van der Waals surface area contributed by atoms with Gasteiger partial charge in [-0.05, 0) is 0 Å². The third-order valence-electron chi connectivity index (χ3n) is 9.01. The second kappa shape index (κ2) is 11.2. The van der Waals surface area contributed by atoms with Gasteiger partial charge in [-0.2, -0.15) is 0 Å². The molecule has 9 rings (SSSR count). The van der Waals surface area contributed by atoms with E-state index in [9.17, 15) is 0 Å². The van der Waals surface area contributed by atoms with Gasteiger partial charge < -0.3 is 0 Å². The number of rotatable bonds is 5. The van der Waals surface area contributed by atoms with Gasteiger partial charge in [-0.3, -0.25) is 0 Å². The van der Waals surface area contributed by atoms with E-state index in [0.29, 0.717) is 0 Å². The van der Waals surface area contributed by atoms with Crippen molar-refractivity contribution in [3.05, 3.63) is 176 Å². The van der Waals surface area contributed by atoms with E-state index < -0.39 is 0 Å². The van der Waals surface area contributed by atoms with Crippen molar-refractivity contribution in [3.8, 4) is 22.3 Å². The topological polar surface area (TPSA) is 3.24 Å². The summed E-state index contributed by atoms with van der Waals surface area (Å²) in [5, 5.41) is 8.07. The molecule has 0 atom stereocenters. The molecule has 216 valence electrons. The first-order valence-electron chi connectivity index (χ1n) is 15.7. The molecule has 0 N–H and O–H groups in total. The Kier molecular flexibility index (Phi) is 6.56. The number of hydrogen-bond donors (Lipinski definition) is 0. The van der Waals surface area contributed by atoms with E-state index in [-0.39, 0.29) is 14.5 Å². The number of nitrogens with zero attached hydrogens (tertiary/aromatic N) is 1. The van der Waals surface area contributed by atoms with Crippen molar-refractivity contribution in [1.29, 1.82) is 0 Å².